The summed E-state index contributed by atoms with van der Waals surface area (Å²) in [5.74, 6) is -1.07. The third-order valence-electron chi connectivity index (χ3n) is 4.29. The van der Waals surface area contributed by atoms with Gasteiger partial charge in [-0.15, -0.1) is 0 Å². The van der Waals surface area contributed by atoms with E-state index in [2.05, 4.69) is 10.1 Å². The number of anilines is 1. The van der Waals surface area contributed by atoms with Gasteiger partial charge in [-0.25, -0.2) is 4.79 Å². The summed E-state index contributed by atoms with van der Waals surface area (Å²) in [4.78, 5) is 37.1. The van der Waals surface area contributed by atoms with E-state index in [1.54, 1.807) is 60.7 Å². The van der Waals surface area contributed by atoms with Crippen LogP contribution in [0.3, 0.4) is 0 Å². The fraction of sp³-hybridized carbons (Fsp3) is 0.0870. The first-order valence-corrected chi connectivity index (χ1v) is 8.69. The molecule has 1 amide bonds. The molecule has 5 heteroatoms. The lowest BCUT2D eigenvalue weighted by Crippen LogP contribution is -2.17. The van der Waals surface area contributed by atoms with E-state index in [1.165, 1.54) is 7.11 Å². The number of nitrogens with one attached hydrogen (secondary N) is 1. The molecular formula is C23H19NO4. The second-order valence-electron chi connectivity index (χ2n) is 6.26. The van der Waals surface area contributed by atoms with Crippen molar-refractivity contribution in [1.29, 1.82) is 0 Å². The zero-order valence-corrected chi connectivity index (χ0v) is 15.6. The predicted molar refractivity (Wildman–Crippen MR) is 107 cm³/mol. The van der Waals surface area contributed by atoms with Gasteiger partial charge in [-0.3, -0.25) is 9.59 Å². The summed E-state index contributed by atoms with van der Waals surface area (Å²) in [6.07, 6.45) is 0. The molecule has 1 N–H and O–H groups in total. The maximum Gasteiger partial charge on any atom is 0.337 e. The highest BCUT2D eigenvalue weighted by molar-refractivity contribution is 6.17. The minimum absolute atomic E-state index is 0.216. The lowest BCUT2D eigenvalue weighted by Gasteiger charge is -2.10. The number of aryl methyl sites for hydroxylation is 1. The lowest BCUT2D eigenvalue weighted by molar-refractivity contribution is 0.0600. The number of ether oxygens (including phenoxy) is 1. The van der Waals surface area contributed by atoms with Gasteiger partial charge in [0.25, 0.3) is 5.91 Å². The van der Waals surface area contributed by atoms with Gasteiger partial charge in [0.2, 0.25) is 0 Å². The molecule has 28 heavy (non-hydrogen) atoms. The number of ketones is 1. The normalized spacial score (nSPS) is 10.2. The molecule has 0 unspecified atom stereocenters. The van der Waals surface area contributed by atoms with Crippen LogP contribution in [-0.4, -0.2) is 24.8 Å². The van der Waals surface area contributed by atoms with Gasteiger partial charge in [-0.05, 0) is 37.3 Å². The van der Waals surface area contributed by atoms with Crippen LogP contribution < -0.4 is 5.32 Å². The van der Waals surface area contributed by atoms with Crippen LogP contribution in [-0.2, 0) is 4.74 Å². The van der Waals surface area contributed by atoms with E-state index in [-0.39, 0.29) is 11.3 Å². The molecule has 0 radical (unpaired) electrons. The first-order chi connectivity index (χ1) is 13.5. The Morgan fingerprint density at radius 1 is 0.750 bits per heavy atom. The van der Waals surface area contributed by atoms with Crippen LogP contribution in [0.2, 0.25) is 0 Å². The van der Waals surface area contributed by atoms with Crippen molar-refractivity contribution in [3.8, 4) is 0 Å². The van der Waals surface area contributed by atoms with Crippen molar-refractivity contribution < 1.29 is 19.1 Å². The van der Waals surface area contributed by atoms with Crippen molar-refractivity contribution in [3.63, 3.8) is 0 Å². The summed E-state index contributed by atoms with van der Waals surface area (Å²) in [5, 5.41) is 2.75. The molecule has 5 nitrogen and oxygen atoms in total. The van der Waals surface area contributed by atoms with Gasteiger partial charge in [-0.2, -0.15) is 0 Å². The Hall–Kier alpha value is -3.73. The van der Waals surface area contributed by atoms with E-state index in [9.17, 15) is 14.4 Å². The number of carbonyl (C=O) groups excluding carboxylic acids is 3. The van der Waals surface area contributed by atoms with Gasteiger partial charge >= 0.3 is 5.97 Å². The standard InChI is InChI=1S/C23H19NO4/c1-15-7-9-16(10-8-15)21(25)19-5-3-4-6-20(19)22(26)24-18-13-11-17(12-14-18)23(27)28-2/h3-14H,1-2H3,(H,24,26). The lowest BCUT2D eigenvalue weighted by atomic mass is 9.97. The molecule has 3 rings (SSSR count). The second kappa shape index (κ2) is 8.31. The number of carbonyl (C=O) groups is 3. The number of rotatable bonds is 5. The molecule has 0 saturated carbocycles. The molecule has 3 aromatic rings. The van der Waals surface area contributed by atoms with Crippen LogP contribution in [0.4, 0.5) is 5.69 Å². The first kappa shape index (κ1) is 19.0. The molecular weight excluding hydrogens is 354 g/mol. The summed E-state index contributed by atoms with van der Waals surface area (Å²) in [5.41, 5.74) is 3.08. The van der Waals surface area contributed by atoms with Crippen molar-refractivity contribution in [1.82, 2.24) is 0 Å². The number of benzene rings is 3. The molecule has 0 heterocycles. The average Bonchev–Trinajstić information content (AvgIpc) is 2.73. The molecule has 3 aromatic carbocycles. The number of methoxy groups -OCH3 is 1. The van der Waals surface area contributed by atoms with E-state index in [0.717, 1.165) is 5.56 Å². The van der Waals surface area contributed by atoms with Gasteiger partial charge in [-0.1, -0.05) is 48.0 Å². The van der Waals surface area contributed by atoms with E-state index in [4.69, 9.17) is 0 Å². The minimum atomic E-state index is -0.452. The second-order valence-corrected chi connectivity index (χ2v) is 6.26. The number of hydrogen-bond donors (Lipinski definition) is 1. The number of esters is 1. The van der Waals surface area contributed by atoms with Crippen LogP contribution in [0.15, 0.2) is 72.8 Å². The fourth-order valence-corrected chi connectivity index (χ4v) is 2.75. The number of hydrogen-bond acceptors (Lipinski definition) is 4. The Balaban J connectivity index is 1.84. The van der Waals surface area contributed by atoms with Crippen LogP contribution in [0.25, 0.3) is 0 Å². The van der Waals surface area contributed by atoms with Crippen molar-refractivity contribution in [2.75, 3.05) is 12.4 Å². The van der Waals surface area contributed by atoms with Crippen molar-refractivity contribution >= 4 is 23.3 Å². The zero-order valence-electron chi connectivity index (χ0n) is 15.6. The maximum atomic E-state index is 12.9. The molecule has 0 aliphatic heterocycles. The Labute approximate surface area is 163 Å². The average molecular weight is 373 g/mol. The summed E-state index contributed by atoms with van der Waals surface area (Å²) in [6.45, 7) is 1.95. The summed E-state index contributed by atoms with van der Waals surface area (Å²) >= 11 is 0. The number of amides is 1. The highest BCUT2D eigenvalue weighted by Crippen LogP contribution is 2.18. The Morgan fingerprint density at radius 3 is 1.93 bits per heavy atom. The quantitative estimate of drug-likeness (QED) is 0.536. The molecule has 0 spiro atoms. The largest absolute Gasteiger partial charge is 0.465 e. The summed E-state index contributed by atoms with van der Waals surface area (Å²) in [7, 11) is 1.31. The van der Waals surface area contributed by atoms with Gasteiger partial charge in [0.1, 0.15) is 0 Å². The molecule has 0 aromatic heterocycles. The van der Waals surface area contributed by atoms with Gasteiger partial charge in [0, 0.05) is 16.8 Å². The highest BCUT2D eigenvalue weighted by atomic mass is 16.5. The molecule has 0 saturated heterocycles. The van der Waals surface area contributed by atoms with Crippen LogP contribution >= 0.6 is 0 Å². The minimum Gasteiger partial charge on any atom is -0.465 e. The SMILES string of the molecule is COC(=O)c1ccc(NC(=O)c2ccccc2C(=O)c2ccc(C)cc2)cc1. The van der Waals surface area contributed by atoms with Gasteiger partial charge in [0.15, 0.2) is 5.78 Å². The monoisotopic (exact) mass is 373 g/mol. The zero-order chi connectivity index (χ0) is 20.1. The predicted octanol–water partition coefficient (Wildman–Crippen LogP) is 4.26. The van der Waals surface area contributed by atoms with Gasteiger partial charge < -0.3 is 10.1 Å². The van der Waals surface area contributed by atoms with E-state index in [0.29, 0.717) is 22.4 Å². The first-order valence-electron chi connectivity index (χ1n) is 8.69. The molecule has 0 fully saturated rings. The van der Waals surface area contributed by atoms with E-state index >= 15 is 0 Å². The Morgan fingerprint density at radius 2 is 1.32 bits per heavy atom. The van der Waals surface area contributed by atoms with Crippen LogP contribution in [0, 0.1) is 6.92 Å². The fourth-order valence-electron chi connectivity index (χ4n) is 2.75. The van der Waals surface area contributed by atoms with Crippen molar-refractivity contribution in [2.45, 2.75) is 6.92 Å². The van der Waals surface area contributed by atoms with E-state index < -0.39 is 11.9 Å². The maximum absolute atomic E-state index is 12.9. The highest BCUT2D eigenvalue weighted by Gasteiger charge is 2.18. The topological polar surface area (TPSA) is 72.5 Å². The van der Waals surface area contributed by atoms with Crippen molar-refractivity contribution in [3.05, 3.63) is 101 Å². The summed E-state index contributed by atoms with van der Waals surface area (Å²) < 4.78 is 4.65. The summed E-state index contributed by atoms with van der Waals surface area (Å²) in [6, 6.07) is 20.2. The van der Waals surface area contributed by atoms with Gasteiger partial charge in [0.05, 0.1) is 18.2 Å². The molecule has 0 bridgehead atoms. The third-order valence-corrected chi connectivity index (χ3v) is 4.29. The molecule has 0 aliphatic rings. The smallest absolute Gasteiger partial charge is 0.337 e. The van der Waals surface area contributed by atoms with Crippen LogP contribution in [0.1, 0.15) is 42.2 Å². The molecule has 0 atom stereocenters. The third kappa shape index (κ3) is 4.15. The van der Waals surface area contributed by atoms with Crippen LogP contribution in [0.5, 0.6) is 0 Å². The Kier molecular flexibility index (Phi) is 5.65. The molecule has 0 aliphatic carbocycles. The Bertz CT molecular complexity index is 1020. The van der Waals surface area contributed by atoms with Crippen molar-refractivity contribution in [2.24, 2.45) is 0 Å². The van der Waals surface area contributed by atoms with E-state index in [1.807, 2.05) is 19.1 Å². The molecule has 140 valence electrons.